The van der Waals surface area contributed by atoms with Crippen molar-refractivity contribution in [2.45, 2.75) is 31.7 Å². The summed E-state index contributed by atoms with van der Waals surface area (Å²) in [5.41, 5.74) is 8.59. The molecule has 2 N–H and O–H groups in total. The minimum Gasteiger partial charge on any atom is -0.325 e. The minimum absolute atomic E-state index is 0.0513. The lowest BCUT2D eigenvalue weighted by Gasteiger charge is -2.12. The molecule has 0 unspecified atom stereocenters. The van der Waals surface area contributed by atoms with E-state index in [1.54, 1.807) is 0 Å². The first-order valence-electron chi connectivity index (χ1n) is 4.64. The zero-order valence-corrected chi connectivity index (χ0v) is 8.56. The Hall–Kier alpha value is -0.530. The van der Waals surface area contributed by atoms with Gasteiger partial charge in [0.2, 0.25) is 0 Å². The van der Waals surface area contributed by atoms with Crippen LogP contribution in [0.1, 0.15) is 24.0 Å². The lowest BCUT2D eigenvalue weighted by Crippen LogP contribution is -2.25. The molecule has 0 amide bonds. The first-order chi connectivity index (χ1) is 6.11. The molecule has 0 atom stereocenters. The Bertz CT molecular complexity index is 309. The molecule has 0 aliphatic heterocycles. The number of nitrogens with two attached hydrogens (primary N) is 1. The van der Waals surface area contributed by atoms with Gasteiger partial charge in [0.15, 0.2) is 0 Å². The minimum atomic E-state index is 0.0513. The largest absolute Gasteiger partial charge is 0.325 e. The summed E-state index contributed by atoms with van der Waals surface area (Å²) in [5, 5.41) is 0.858. The van der Waals surface area contributed by atoms with Crippen molar-refractivity contribution in [1.82, 2.24) is 0 Å². The molecule has 0 bridgehead atoms. The van der Waals surface area contributed by atoms with Crippen LogP contribution in [0.5, 0.6) is 0 Å². The highest BCUT2D eigenvalue weighted by Crippen LogP contribution is 2.37. The third kappa shape index (κ3) is 1.87. The van der Waals surface area contributed by atoms with Crippen LogP contribution in [0.15, 0.2) is 18.2 Å². The second-order valence-electron chi connectivity index (χ2n) is 4.07. The topological polar surface area (TPSA) is 26.0 Å². The van der Waals surface area contributed by atoms with E-state index in [0.717, 1.165) is 24.3 Å². The Morgan fingerprint density at radius 2 is 2.15 bits per heavy atom. The lowest BCUT2D eigenvalue weighted by molar-refractivity contribution is 0.670. The summed E-state index contributed by atoms with van der Waals surface area (Å²) in [6, 6.07) is 6.01. The van der Waals surface area contributed by atoms with Crippen molar-refractivity contribution in [3.05, 3.63) is 34.3 Å². The van der Waals surface area contributed by atoms with Crippen LogP contribution < -0.4 is 5.73 Å². The van der Waals surface area contributed by atoms with E-state index in [0.29, 0.717) is 0 Å². The molecular formula is C11H14ClN. The van der Waals surface area contributed by atoms with Crippen LogP contribution in [-0.2, 0) is 6.42 Å². The zero-order chi connectivity index (χ0) is 9.47. The summed E-state index contributed by atoms with van der Waals surface area (Å²) in [6.45, 7) is 2.09. The third-order valence-electron chi connectivity index (χ3n) is 2.77. The molecule has 0 heterocycles. The Morgan fingerprint density at radius 1 is 1.46 bits per heavy atom. The highest BCUT2D eigenvalue weighted by molar-refractivity contribution is 6.31. The van der Waals surface area contributed by atoms with Gasteiger partial charge in [0.1, 0.15) is 0 Å². The molecule has 1 aliphatic rings. The van der Waals surface area contributed by atoms with Gasteiger partial charge in [0.05, 0.1) is 0 Å². The number of halogens is 1. The van der Waals surface area contributed by atoms with E-state index >= 15 is 0 Å². The zero-order valence-electron chi connectivity index (χ0n) is 7.81. The van der Waals surface area contributed by atoms with Gasteiger partial charge in [0, 0.05) is 10.6 Å². The Balaban J connectivity index is 2.28. The third-order valence-corrected chi connectivity index (χ3v) is 3.13. The smallest absolute Gasteiger partial charge is 0.0441 e. The van der Waals surface area contributed by atoms with E-state index < -0.39 is 0 Å². The van der Waals surface area contributed by atoms with Crippen LogP contribution in [0.2, 0.25) is 5.02 Å². The summed E-state index contributed by atoms with van der Waals surface area (Å²) < 4.78 is 0. The molecule has 13 heavy (non-hydrogen) atoms. The van der Waals surface area contributed by atoms with E-state index in [4.69, 9.17) is 17.3 Å². The van der Waals surface area contributed by atoms with E-state index in [-0.39, 0.29) is 5.54 Å². The highest BCUT2D eigenvalue weighted by atomic mass is 35.5. The summed E-state index contributed by atoms with van der Waals surface area (Å²) in [4.78, 5) is 0. The van der Waals surface area contributed by atoms with Crippen LogP contribution in [0.4, 0.5) is 0 Å². The van der Waals surface area contributed by atoms with Gasteiger partial charge >= 0.3 is 0 Å². The van der Waals surface area contributed by atoms with Crippen molar-refractivity contribution < 1.29 is 0 Å². The normalized spacial score (nSPS) is 18.7. The van der Waals surface area contributed by atoms with E-state index in [1.165, 1.54) is 11.1 Å². The number of hydrogen-bond acceptors (Lipinski definition) is 1. The van der Waals surface area contributed by atoms with Crippen LogP contribution >= 0.6 is 11.6 Å². The molecule has 2 rings (SSSR count). The van der Waals surface area contributed by atoms with Crippen molar-refractivity contribution in [3.8, 4) is 0 Å². The SMILES string of the molecule is Cc1cccc(Cl)c1CC1(N)CC1. The van der Waals surface area contributed by atoms with Gasteiger partial charge in [-0.1, -0.05) is 23.7 Å². The van der Waals surface area contributed by atoms with Gasteiger partial charge in [-0.15, -0.1) is 0 Å². The lowest BCUT2D eigenvalue weighted by atomic mass is 10.0. The molecule has 1 nitrogen and oxygen atoms in total. The summed E-state index contributed by atoms with van der Waals surface area (Å²) in [6.07, 6.45) is 3.20. The van der Waals surface area contributed by atoms with Crippen LogP contribution in [-0.4, -0.2) is 5.54 Å². The molecule has 0 aromatic heterocycles. The molecule has 0 radical (unpaired) electrons. The van der Waals surface area contributed by atoms with Crippen molar-refractivity contribution >= 4 is 11.6 Å². The summed E-state index contributed by atoms with van der Waals surface area (Å²) >= 11 is 6.11. The standard InChI is InChI=1S/C11H14ClN/c1-8-3-2-4-10(12)9(8)7-11(13)5-6-11/h2-4H,5-7,13H2,1H3. The molecule has 1 fully saturated rings. The Kier molecular flexibility index (Phi) is 2.09. The average Bonchev–Trinajstić information content (AvgIpc) is 2.78. The van der Waals surface area contributed by atoms with Gasteiger partial charge in [0.25, 0.3) is 0 Å². The van der Waals surface area contributed by atoms with Crippen molar-refractivity contribution in [2.75, 3.05) is 0 Å². The highest BCUT2D eigenvalue weighted by Gasteiger charge is 2.38. The fraction of sp³-hybridized carbons (Fsp3) is 0.455. The molecule has 1 saturated carbocycles. The fourth-order valence-corrected chi connectivity index (χ4v) is 1.87. The first kappa shape index (κ1) is 9.04. The predicted molar refractivity (Wildman–Crippen MR) is 56.0 cm³/mol. The van der Waals surface area contributed by atoms with Crippen LogP contribution in [0.25, 0.3) is 0 Å². The second-order valence-corrected chi connectivity index (χ2v) is 4.48. The number of aryl methyl sites for hydroxylation is 1. The number of rotatable bonds is 2. The molecule has 0 saturated heterocycles. The molecule has 2 heteroatoms. The van der Waals surface area contributed by atoms with Crippen molar-refractivity contribution in [1.29, 1.82) is 0 Å². The summed E-state index contributed by atoms with van der Waals surface area (Å²) in [5.74, 6) is 0. The molecule has 70 valence electrons. The van der Waals surface area contributed by atoms with Crippen molar-refractivity contribution in [2.24, 2.45) is 5.73 Å². The van der Waals surface area contributed by atoms with E-state index in [2.05, 4.69) is 13.0 Å². The van der Waals surface area contributed by atoms with E-state index in [9.17, 15) is 0 Å². The Morgan fingerprint density at radius 3 is 2.69 bits per heavy atom. The maximum Gasteiger partial charge on any atom is 0.0441 e. The van der Waals surface area contributed by atoms with Gasteiger partial charge in [-0.25, -0.2) is 0 Å². The average molecular weight is 196 g/mol. The molecule has 0 spiro atoms. The second kappa shape index (κ2) is 3.00. The molecular weight excluding hydrogens is 182 g/mol. The molecule has 1 aliphatic carbocycles. The van der Waals surface area contributed by atoms with Gasteiger partial charge in [-0.3, -0.25) is 0 Å². The monoisotopic (exact) mass is 195 g/mol. The summed E-state index contributed by atoms with van der Waals surface area (Å²) in [7, 11) is 0. The predicted octanol–water partition coefficient (Wildman–Crippen LogP) is 2.68. The Labute approximate surface area is 83.9 Å². The first-order valence-corrected chi connectivity index (χ1v) is 5.01. The molecule has 1 aromatic rings. The number of hydrogen-bond donors (Lipinski definition) is 1. The maximum atomic E-state index is 6.11. The number of benzene rings is 1. The van der Waals surface area contributed by atoms with Crippen molar-refractivity contribution in [3.63, 3.8) is 0 Å². The molecule has 1 aromatic carbocycles. The fourth-order valence-electron chi connectivity index (χ4n) is 1.58. The van der Waals surface area contributed by atoms with Gasteiger partial charge < -0.3 is 5.73 Å². The maximum absolute atomic E-state index is 6.11. The van der Waals surface area contributed by atoms with Gasteiger partial charge in [-0.2, -0.15) is 0 Å². The quantitative estimate of drug-likeness (QED) is 0.772. The van der Waals surface area contributed by atoms with Gasteiger partial charge in [-0.05, 0) is 43.4 Å². The van der Waals surface area contributed by atoms with E-state index in [1.807, 2.05) is 12.1 Å². The van der Waals surface area contributed by atoms with Crippen LogP contribution in [0.3, 0.4) is 0 Å². The van der Waals surface area contributed by atoms with Crippen LogP contribution in [0, 0.1) is 6.92 Å².